The minimum absolute atomic E-state index is 0.00887. The molecule has 4 rings (SSSR count). The molecule has 0 saturated carbocycles. The lowest BCUT2D eigenvalue weighted by Crippen LogP contribution is -2.51. The van der Waals surface area contributed by atoms with Crippen molar-refractivity contribution in [1.29, 1.82) is 0 Å². The first-order valence-electron chi connectivity index (χ1n) is 15.3. The number of aromatic nitrogens is 1. The third-order valence-electron chi connectivity index (χ3n) is 8.66. The Balaban J connectivity index is 1.45. The van der Waals surface area contributed by atoms with Crippen LogP contribution in [-0.4, -0.2) is 57.5 Å². The standard InChI is InChI=1S/C34H47N3O6SSi/c1-33(2,3)37(22-31(27-12-10-18-36-21-27)43-45(7,8)34(4,5)6)32(38)41-23-28-16-14-26-19-25(15-17-30(26)42-28)24-11-9-13-29(20-24)44(35,39)40/h9-13,15,17-21,28,31H,14,16,22-23H2,1-8H3,(H2,35,39,40)/t28-,31-/m0/s1. The van der Waals surface area contributed by atoms with Gasteiger partial charge in [-0.2, -0.15) is 0 Å². The number of nitrogens with two attached hydrogens (primary N) is 1. The Bertz CT molecular complexity index is 1600. The van der Waals surface area contributed by atoms with Crippen LogP contribution in [0, 0.1) is 0 Å². The summed E-state index contributed by atoms with van der Waals surface area (Å²) in [4.78, 5) is 19.8. The number of rotatable bonds is 9. The molecule has 0 aliphatic carbocycles. The first kappa shape index (κ1) is 34.6. The Labute approximate surface area is 269 Å². The molecule has 0 radical (unpaired) electrons. The number of carbonyl (C=O) groups is 1. The molecule has 0 spiro atoms. The summed E-state index contributed by atoms with van der Waals surface area (Å²) >= 11 is 0. The van der Waals surface area contributed by atoms with Gasteiger partial charge in [-0.05, 0) is 104 Å². The van der Waals surface area contributed by atoms with E-state index < -0.39 is 30.0 Å². The molecule has 1 aromatic heterocycles. The van der Waals surface area contributed by atoms with Crippen LogP contribution in [0.2, 0.25) is 18.1 Å². The van der Waals surface area contributed by atoms with E-state index in [-0.39, 0.29) is 28.7 Å². The Hall–Kier alpha value is -3.25. The average molecular weight is 654 g/mol. The molecule has 1 aliphatic heterocycles. The predicted molar refractivity (Wildman–Crippen MR) is 179 cm³/mol. The Morgan fingerprint density at radius 3 is 2.40 bits per heavy atom. The van der Waals surface area contributed by atoms with E-state index in [0.717, 1.165) is 34.4 Å². The highest BCUT2D eigenvalue weighted by atomic mass is 32.2. The molecule has 0 fully saturated rings. The van der Waals surface area contributed by atoms with Crippen LogP contribution in [0.3, 0.4) is 0 Å². The highest BCUT2D eigenvalue weighted by molar-refractivity contribution is 7.89. The van der Waals surface area contributed by atoms with Gasteiger partial charge in [0.15, 0.2) is 8.32 Å². The lowest BCUT2D eigenvalue weighted by molar-refractivity contribution is 0.0167. The summed E-state index contributed by atoms with van der Waals surface area (Å²) < 4.78 is 42.6. The molecule has 9 nitrogen and oxygen atoms in total. The van der Waals surface area contributed by atoms with E-state index in [2.05, 4.69) is 38.8 Å². The first-order valence-corrected chi connectivity index (χ1v) is 19.8. The highest BCUT2D eigenvalue weighted by Crippen LogP contribution is 2.40. The van der Waals surface area contributed by atoms with Crippen LogP contribution in [0.5, 0.6) is 5.75 Å². The fourth-order valence-electron chi connectivity index (χ4n) is 4.93. The van der Waals surface area contributed by atoms with Gasteiger partial charge >= 0.3 is 6.09 Å². The zero-order chi connectivity index (χ0) is 33.2. The van der Waals surface area contributed by atoms with Gasteiger partial charge in [-0.15, -0.1) is 0 Å². The van der Waals surface area contributed by atoms with Crippen molar-refractivity contribution in [2.24, 2.45) is 5.14 Å². The third kappa shape index (κ3) is 8.72. The van der Waals surface area contributed by atoms with Crippen LogP contribution < -0.4 is 9.88 Å². The molecule has 1 aliphatic rings. The summed E-state index contributed by atoms with van der Waals surface area (Å²) in [6.07, 6.45) is 3.86. The number of benzene rings is 2. The normalized spacial score (nSPS) is 16.3. The Kier molecular flexibility index (Phi) is 10.2. The molecule has 244 valence electrons. The average Bonchev–Trinajstić information content (AvgIpc) is 2.96. The zero-order valence-electron chi connectivity index (χ0n) is 27.7. The molecule has 0 bridgehead atoms. The second-order valence-electron chi connectivity index (χ2n) is 14.2. The van der Waals surface area contributed by atoms with E-state index in [1.54, 1.807) is 29.4 Å². The molecule has 2 N–H and O–H groups in total. The van der Waals surface area contributed by atoms with Gasteiger partial charge in [0.25, 0.3) is 0 Å². The fraction of sp³-hybridized carbons (Fsp3) is 0.471. The fourth-order valence-corrected chi connectivity index (χ4v) is 6.77. The minimum atomic E-state index is -3.80. The van der Waals surface area contributed by atoms with Crippen LogP contribution in [0.4, 0.5) is 4.79 Å². The van der Waals surface area contributed by atoms with Crippen molar-refractivity contribution >= 4 is 24.4 Å². The maximum absolute atomic E-state index is 13.6. The van der Waals surface area contributed by atoms with Gasteiger partial charge in [-0.1, -0.05) is 45.0 Å². The minimum Gasteiger partial charge on any atom is -0.487 e. The molecule has 0 saturated heterocycles. The predicted octanol–water partition coefficient (Wildman–Crippen LogP) is 7.09. The van der Waals surface area contributed by atoms with E-state index in [1.165, 1.54) is 6.07 Å². The molecule has 45 heavy (non-hydrogen) atoms. The number of carbonyl (C=O) groups excluding carboxylic acids is 1. The molecule has 11 heteroatoms. The Morgan fingerprint density at radius 1 is 1.07 bits per heavy atom. The maximum Gasteiger partial charge on any atom is 0.410 e. The van der Waals surface area contributed by atoms with Gasteiger partial charge in [0.2, 0.25) is 10.0 Å². The number of ether oxygens (including phenoxy) is 2. The van der Waals surface area contributed by atoms with Gasteiger partial charge in [0, 0.05) is 17.9 Å². The smallest absolute Gasteiger partial charge is 0.410 e. The van der Waals surface area contributed by atoms with Gasteiger partial charge in [-0.3, -0.25) is 4.98 Å². The monoisotopic (exact) mass is 653 g/mol. The lowest BCUT2D eigenvalue weighted by Gasteiger charge is -2.42. The van der Waals surface area contributed by atoms with Crippen molar-refractivity contribution in [2.75, 3.05) is 13.2 Å². The summed E-state index contributed by atoms with van der Waals surface area (Å²) in [7, 11) is -5.99. The number of pyridine rings is 1. The molecule has 2 atom stereocenters. The summed E-state index contributed by atoms with van der Waals surface area (Å²) in [5.74, 6) is 0.723. The van der Waals surface area contributed by atoms with E-state index in [0.29, 0.717) is 13.0 Å². The van der Waals surface area contributed by atoms with Gasteiger partial charge in [0.1, 0.15) is 18.5 Å². The van der Waals surface area contributed by atoms with Crippen molar-refractivity contribution in [3.63, 3.8) is 0 Å². The van der Waals surface area contributed by atoms with E-state index >= 15 is 0 Å². The summed E-state index contributed by atoms with van der Waals surface area (Å²) in [6.45, 7) is 17.4. The highest BCUT2D eigenvalue weighted by Gasteiger charge is 2.41. The van der Waals surface area contributed by atoms with Crippen LogP contribution in [0.25, 0.3) is 11.1 Å². The van der Waals surface area contributed by atoms with Crippen molar-refractivity contribution < 1.29 is 27.1 Å². The second kappa shape index (κ2) is 13.2. The SMILES string of the molecule is CC(C)(C)N(C[C@H](O[Si](C)(C)C(C)(C)C)c1cccnc1)C(=O)OC[C@@H]1CCc2cc(-c3cccc(S(N)(=O)=O)c3)ccc2O1. The number of fused-ring (bicyclic) bond motifs is 1. The van der Waals surface area contributed by atoms with Crippen LogP contribution >= 0.6 is 0 Å². The summed E-state index contributed by atoms with van der Waals surface area (Å²) in [6, 6.07) is 16.2. The molecule has 2 aromatic carbocycles. The van der Waals surface area contributed by atoms with Crippen molar-refractivity contribution in [1.82, 2.24) is 9.88 Å². The van der Waals surface area contributed by atoms with Crippen LogP contribution in [0.15, 0.2) is 71.9 Å². The largest absolute Gasteiger partial charge is 0.487 e. The summed E-state index contributed by atoms with van der Waals surface area (Å²) in [5.41, 5.74) is 3.04. The zero-order valence-corrected chi connectivity index (χ0v) is 29.5. The lowest BCUT2D eigenvalue weighted by atomic mass is 9.97. The van der Waals surface area contributed by atoms with Gasteiger partial charge in [-0.25, -0.2) is 18.4 Å². The number of amides is 1. The summed E-state index contributed by atoms with van der Waals surface area (Å²) in [5, 5.41) is 5.31. The van der Waals surface area contributed by atoms with Crippen molar-refractivity contribution in [3.8, 4) is 16.9 Å². The topological polar surface area (TPSA) is 121 Å². The molecular formula is C34H47N3O6SSi. The third-order valence-corrected chi connectivity index (χ3v) is 14.1. The van der Waals surface area contributed by atoms with Crippen LogP contribution in [0.1, 0.15) is 65.2 Å². The number of hydrogen-bond donors (Lipinski definition) is 1. The molecule has 0 unspecified atom stereocenters. The molecule has 3 aromatic rings. The van der Waals surface area contributed by atoms with Crippen molar-refractivity contribution in [2.45, 2.75) is 95.2 Å². The van der Waals surface area contributed by atoms with E-state index in [1.807, 2.05) is 57.2 Å². The number of sulfonamides is 1. The first-order chi connectivity index (χ1) is 20.8. The number of hydrogen-bond acceptors (Lipinski definition) is 7. The molecular weight excluding hydrogens is 607 g/mol. The van der Waals surface area contributed by atoms with Crippen LogP contribution in [-0.2, 0) is 25.6 Å². The Morgan fingerprint density at radius 2 is 1.78 bits per heavy atom. The number of nitrogens with zero attached hydrogens (tertiary/aromatic N) is 2. The maximum atomic E-state index is 13.6. The van der Waals surface area contributed by atoms with E-state index in [4.69, 9.17) is 19.0 Å². The van der Waals surface area contributed by atoms with Gasteiger partial charge < -0.3 is 18.8 Å². The second-order valence-corrected chi connectivity index (χ2v) is 20.5. The molecule has 2 heterocycles. The van der Waals surface area contributed by atoms with Crippen molar-refractivity contribution in [3.05, 3.63) is 78.1 Å². The molecule has 1 amide bonds. The number of aryl methyl sites for hydroxylation is 1. The quantitative estimate of drug-likeness (QED) is 0.245. The van der Waals surface area contributed by atoms with E-state index in [9.17, 15) is 13.2 Å². The van der Waals surface area contributed by atoms with Gasteiger partial charge in [0.05, 0.1) is 17.5 Å². The number of primary sulfonamides is 1.